The molecule has 0 rings (SSSR count). The highest BCUT2D eigenvalue weighted by atomic mass is 31.1. The molecule has 0 N–H and O–H groups in total. The van der Waals surface area contributed by atoms with Gasteiger partial charge in [-0.1, -0.05) is 0 Å². The summed E-state index contributed by atoms with van der Waals surface area (Å²) in [6, 6.07) is 0. The van der Waals surface area contributed by atoms with Crippen LogP contribution >= 0.6 is 8.34 Å². The van der Waals surface area contributed by atoms with E-state index in [1.165, 1.54) is 0 Å². The molecule has 0 spiro atoms. The third-order valence-electron chi connectivity index (χ3n) is 0. The van der Waals surface area contributed by atoms with Crippen molar-refractivity contribution in [3.8, 4) is 0 Å². The van der Waals surface area contributed by atoms with E-state index in [1.807, 2.05) is 0 Å². The maximum absolute atomic E-state index is 8.90. The standard InChI is InChI=1S/Al.BH2OP.3H/c;1-3-2;;;/h;1H2;;;. The van der Waals surface area contributed by atoms with Gasteiger partial charge in [0.25, 0.3) is 0 Å². The molecule has 0 aromatic carbocycles. The first-order valence-corrected chi connectivity index (χ1v) is 1.89. The van der Waals surface area contributed by atoms with E-state index in [0.717, 1.165) is 0 Å². The van der Waals surface area contributed by atoms with Gasteiger partial charge in [0, 0.05) is 0 Å². The van der Waals surface area contributed by atoms with Crippen LogP contribution in [0.4, 0.5) is 0 Å². The third-order valence-corrected chi connectivity index (χ3v) is 0. The van der Waals surface area contributed by atoms with Gasteiger partial charge in [-0.05, 0) is 0 Å². The van der Waals surface area contributed by atoms with E-state index in [2.05, 4.69) is 0 Å². The Balaban J connectivity index is 0. The zero-order valence-electron chi connectivity index (χ0n) is 1.86. The second-order valence-electron chi connectivity index (χ2n) is 0.183. The quantitative estimate of drug-likeness (QED) is 0.265. The lowest BCUT2D eigenvalue weighted by molar-refractivity contribution is 0.605. The lowest BCUT2D eigenvalue weighted by Crippen LogP contribution is -1.08. The average Bonchev–Trinajstić information content (AvgIpc) is 0.918. The Labute approximate surface area is 38.5 Å². The van der Waals surface area contributed by atoms with E-state index >= 15 is 0 Å². The van der Waals surface area contributed by atoms with Gasteiger partial charge < -0.3 is 0 Å². The Morgan fingerprint density at radius 2 is 1.75 bits per heavy atom. The SMILES string of the molecule is BP=O.[AlH3]. The van der Waals surface area contributed by atoms with E-state index in [4.69, 9.17) is 4.57 Å². The van der Waals surface area contributed by atoms with Crippen molar-refractivity contribution in [1.29, 1.82) is 0 Å². The fourth-order valence-corrected chi connectivity index (χ4v) is 0. The highest BCUT2D eigenvalue weighted by molar-refractivity contribution is 7.55. The minimum absolute atomic E-state index is 0. The molecular formula is H5AlBOP. The second kappa shape index (κ2) is 9.34. The fraction of sp³-hybridized carbons (Fsp3) is 0. The molecule has 4 heavy (non-hydrogen) atoms. The minimum Gasteiger partial charge on any atom is -0.289 e. The van der Waals surface area contributed by atoms with Gasteiger partial charge >= 0.3 is 0 Å². The molecule has 0 amide bonds. The van der Waals surface area contributed by atoms with Gasteiger partial charge in [-0.2, -0.15) is 0 Å². The third kappa shape index (κ3) is 16.0. The van der Waals surface area contributed by atoms with E-state index in [0.29, 0.717) is 0 Å². The van der Waals surface area contributed by atoms with Gasteiger partial charge in [-0.25, -0.2) is 0 Å². The van der Waals surface area contributed by atoms with Gasteiger partial charge in [0.1, 0.15) is 0 Å². The van der Waals surface area contributed by atoms with Crippen molar-refractivity contribution in [3.05, 3.63) is 0 Å². The van der Waals surface area contributed by atoms with Crippen LogP contribution in [0.25, 0.3) is 0 Å². The molecule has 0 fully saturated rings. The molecule has 0 aliphatic rings. The second-order valence-corrected chi connectivity index (χ2v) is 0.548. The molecule has 0 radical (unpaired) electrons. The van der Waals surface area contributed by atoms with Crippen LogP contribution in [0.3, 0.4) is 0 Å². The van der Waals surface area contributed by atoms with Crippen LogP contribution < -0.4 is 0 Å². The summed E-state index contributed by atoms with van der Waals surface area (Å²) in [7, 11) is 1.71. The summed E-state index contributed by atoms with van der Waals surface area (Å²) < 4.78 is 8.90. The highest BCUT2D eigenvalue weighted by Crippen LogP contribution is 1.64. The van der Waals surface area contributed by atoms with Crippen LogP contribution in [0.5, 0.6) is 0 Å². The smallest absolute Gasteiger partial charge is 0.221 e. The van der Waals surface area contributed by atoms with Crippen molar-refractivity contribution in [2.75, 3.05) is 0 Å². The van der Waals surface area contributed by atoms with Crippen LogP contribution in [0.15, 0.2) is 0 Å². The first-order chi connectivity index (χ1) is 1.41. The largest absolute Gasteiger partial charge is 0.289 e. The molecule has 0 bridgehead atoms. The van der Waals surface area contributed by atoms with Gasteiger partial charge in [-0.3, -0.25) is 4.57 Å². The van der Waals surface area contributed by atoms with Crippen molar-refractivity contribution in [2.45, 2.75) is 0 Å². The van der Waals surface area contributed by atoms with Gasteiger partial charge in [0.2, 0.25) is 7.57 Å². The summed E-state index contributed by atoms with van der Waals surface area (Å²) in [5.74, 6) is 0. The maximum Gasteiger partial charge on any atom is 0.221 e. The summed E-state index contributed by atoms with van der Waals surface area (Å²) in [5, 5.41) is 0. The molecular weight excluding hydrogens is 84.8 g/mol. The Kier molecular flexibility index (Phi) is 20.6. The van der Waals surface area contributed by atoms with Crippen molar-refractivity contribution >= 4 is 33.3 Å². The zero-order valence-corrected chi connectivity index (χ0v) is 2.75. The summed E-state index contributed by atoms with van der Waals surface area (Å²) in [6.07, 6.45) is 0. The lowest BCUT2D eigenvalue weighted by atomic mass is 10.8. The minimum atomic E-state index is 0. The molecule has 0 aliphatic heterocycles. The van der Waals surface area contributed by atoms with Crippen molar-refractivity contribution in [3.63, 3.8) is 0 Å². The maximum atomic E-state index is 8.90. The monoisotopic (exact) mass is 90.0 g/mol. The molecule has 4 heteroatoms. The van der Waals surface area contributed by atoms with Gasteiger partial charge in [0.15, 0.2) is 17.4 Å². The lowest BCUT2D eigenvalue weighted by Gasteiger charge is -1.18. The first-order valence-electron chi connectivity index (χ1n) is 0.630. The van der Waals surface area contributed by atoms with E-state index in [-0.39, 0.29) is 25.7 Å². The number of hydrogen-bond donors (Lipinski definition) is 0. The Morgan fingerprint density at radius 3 is 1.75 bits per heavy atom. The fourth-order valence-electron chi connectivity index (χ4n) is 0. The molecule has 22 valence electrons. The molecule has 0 aliphatic carbocycles. The highest BCUT2D eigenvalue weighted by Gasteiger charge is 1.31. The number of hydrogen-bond acceptors (Lipinski definition) is 1. The molecule has 0 saturated heterocycles. The van der Waals surface area contributed by atoms with Crippen LogP contribution in [-0.4, -0.2) is 24.9 Å². The Morgan fingerprint density at radius 1 is 1.75 bits per heavy atom. The first kappa shape index (κ1) is 8.83. The molecule has 1 nitrogen and oxygen atoms in total. The number of rotatable bonds is 0. The van der Waals surface area contributed by atoms with Gasteiger partial charge in [-0.15, -0.1) is 0 Å². The predicted molar refractivity (Wildman–Crippen MR) is 26.1 cm³/mol. The summed E-state index contributed by atoms with van der Waals surface area (Å²) in [4.78, 5) is 0. The summed E-state index contributed by atoms with van der Waals surface area (Å²) in [5.41, 5.74) is 0. The van der Waals surface area contributed by atoms with Gasteiger partial charge in [0.05, 0.1) is 8.34 Å². The average molecular weight is 89.8 g/mol. The van der Waals surface area contributed by atoms with Crippen molar-refractivity contribution in [2.24, 2.45) is 0 Å². The van der Waals surface area contributed by atoms with Crippen LogP contribution in [0, 0.1) is 0 Å². The Bertz CT molecular complexity index is 15.5. The summed E-state index contributed by atoms with van der Waals surface area (Å²) in [6.45, 7) is 0. The molecule has 0 aromatic heterocycles. The van der Waals surface area contributed by atoms with Crippen molar-refractivity contribution < 1.29 is 4.57 Å². The topological polar surface area (TPSA) is 17.1 Å². The van der Waals surface area contributed by atoms with E-state index < -0.39 is 0 Å². The molecule has 0 saturated carbocycles. The summed E-state index contributed by atoms with van der Waals surface area (Å²) >= 11 is 0. The van der Waals surface area contributed by atoms with Crippen LogP contribution in [-0.2, 0) is 4.57 Å². The molecule has 0 aromatic rings. The molecule has 0 heterocycles. The molecule has 0 atom stereocenters. The predicted octanol–water partition coefficient (Wildman–Crippen LogP) is -1.36. The van der Waals surface area contributed by atoms with E-state index in [1.54, 1.807) is 7.57 Å². The normalized spacial score (nSPS) is 5.00. The van der Waals surface area contributed by atoms with Crippen LogP contribution in [0.1, 0.15) is 0 Å². The Hall–Kier alpha value is 0.697. The van der Waals surface area contributed by atoms with Crippen LogP contribution in [0.2, 0.25) is 0 Å². The molecule has 0 unspecified atom stereocenters. The zero-order chi connectivity index (χ0) is 2.71. The van der Waals surface area contributed by atoms with Crippen molar-refractivity contribution in [1.82, 2.24) is 0 Å². The van der Waals surface area contributed by atoms with E-state index in [9.17, 15) is 0 Å².